The minimum Gasteiger partial charge on any atom is -0.339 e. The topological polar surface area (TPSA) is 49.4 Å². The molecular weight excluding hydrogens is 248 g/mol. The largest absolute Gasteiger partial charge is 0.339 e. The van der Waals surface area contributed by atoms with E-state index >= 15 is 0 Å². The predicted molar refractivity (Wildman–Crippen MR) is 77.9 cm³/mol. The minimum absolute atomic E-state index is 0.116. The number of nitrogens with one attached hydrogen (secondary N) is 1. The first kappa shape index (κ1) is 15.2. The van der Waals surface area contributed by atoms with Gasteiger partial charge in [-0.1, -0.05) is 25.5 Å². The third-order valence-corrected chi connectivity index (χ3v) is 3.90. The van der Waals surface area contributed by atoms with Gasteiger partial charge in [0.2, 0.25) is 5.91 Å². The van der Waals surface area contributed by atoms with Gasteiger partial charge in [-0.15, -0.1) is 0 Å². The lowest BCUT2D eigenvalue weighted by molar-refractivity contribution is -0.130. The van der Waals surface area contributed by atoms with Gasteiger partial charge in [-0.3, -0.25) is 9.00 Å². The zero-order valence-corrected chi connectivity index (χ0v) is 12.4. The summed E-state index contributed by atoms with van der Waals surface area (Å²) in [6, 6.07) is 0. The predicted octanol–water partition coefficient (Wildman–Crippen LogP) is 1.04. The molecule has 0 fully saturated rings. The Balaban J connectivity index is 2.37. The van der Waals surface area contributed by atoms with Crippen molar-refractivity contribution in [2.75, 3.05) is 25.9 Å². The van der Waals surface area contributed by atoms with Gasteiger partial charge in [0.15, 0.2) is 0 Å². The van der Waals surface area contributed by atoms with Crippen molar-refractivity contribution in [3.05, 3.63) is 11.6 Å². The molecule has 104 valence electrons. The van der Waals surface area contributed by atoms with Gasteiger partial charge < -0.3 is 4.90 Å². The fourth-order valence-corrected chi connectivity index (χ4v) is 2.50. The average Bonchev–Trinajstić information content (AvgIpc) is 2.27. The van der Waals surface area contributed by atoms with Gasteiger partial charge in [-0.25, -0.2) is 4.72 Å². The Kier molecular flexibility index (Phi) is 5.41. The Morgan fingerprint density at radius 3 is 2.72 bits per heavy atom. The van der Waals surface area contributed by atoms with Crippen LogP contribution in [-0.2, 0) is 14.5 Å². The molecule has 1 aliphatic rings. The Bertz CT molecular complexity index is 424. The van der Waals surface area contributed by atoms with E-state index in [1.54, 1.807) is 0 Å². The second-order valence-corrected chi connectivity index (χ2v) is 7.47. The van der Waals surface area contributed by atoms with Crippen molar-refractivity contribution >= 4 is 21.5 Å². The van der Waals surface area contributed by atoms with Crippen LogP contribution in [0.3, 0.4) is 0 Å². The maximum Gasteiger partial charge on any atom is 0.224 e. The van der Waals surface area contributed by atoms with Crippen molar-refractivity contribution in [1.29, 1.82) is 0 Å². The Morgan fingerprint density at radius 1 is 1.61 bits per heavy atom. The van der Waals surface area contributed by atoms with Crippen LogP contribution in [0.1, 0.15) is 26.7 Å². The van der Waals surface area contributed by atoms with Crippen molar-refractivity contribution in [1.82, 2.24) is 9.62 Å². The number of amides is 1. The van der Waals surface area contributed by atoms with E-state index in [4.69, 9.17) is 0 Å². The lowest BCUT2D eigenvalue weighted by Crippen LogP contribution is -2.37. The summed E-state index contributed by atoms with van der Waals surface area (Å²) in [4.78, 5) is 13.8. The summed E-state index contributed by atoms with van der Waals surface area (Å²) in [5, 5.41) is 0. The maximum absolute atomic E-state index is 11.9. The number of carbonyl (C=O) groups excluding carboxylic acids is 1. The van der Waals surface area contributed by atoms with E-state index in [1.807, 2.05) is 4.90 Å². The summed E-state index contributed by atoms with van der Waals surface area (Å²) < 4.78 is 14.1. The standard InChI is InChI=1S/C13H24N2O2S/c1-11(2)12-6-9-15(10-7-12)13(16)5-8-14-18(3,4)17/h6,11H,3,5,7-10H2,1-2,4H3,(H,14,17). The van der Waals surface area contributed by atoms with Gasteiger partial charge in [0, 0.05) is 42.0 Å². The first-order valence-corrected chi connectivity index (χ1v) is 8.46. The zero-order chi connectivity index (χ0) is 13.8. The highest BCUT2D eigenvalue weighted by Crippen LogP contribution is 2.18. The number of carbonyl (C=O) groups is 1. The van der Waals surface area contributed by atoms with E-state index < -0.39 is 9.71 Å². The molecule has 0 spiro atoms. The second kappa shape index (κ2) is 6.38. The molecule has 18 heavy (non-hydrogen) atoms. The molecule has 1 aliphatic heterocycles. The molecule has 1 N–H and O–H groups in total. The number of rotatable bonds is 5. The molecule has 5 heteroatoms. The van der Waals surface area contributed by atoms with Crippen LogP contribution in [0.4, 0.5) is 0 Å². The summed E-state index contributed by atoms with van der Waals surface area (Å²) in [7, 11) is -2.20. The highest BCUT2D eigenvalue weighted by Gasteiger charge is 2.17. The van der Waals surface area contributed by atoms with Gasteiger partial charge in [0.05, 0.1) is 0 Å². The van der Waals surface area contributed by atoms with E-state index in [-0.39, 0.29) is 5.91 Å². The molecular formula is C13H24N2O2S. The lowest BCUT2D eigenvalue weighted by atomic mass is 9.97. The molecule has 1 rings (SSSR count). The van der Waals surface area contributed by atoms with Crippen molar-refractivity contribution in [2.24, 2.45) is 5.92 Å². The van der Waals surface area contributed by atoms with Crippen molar-refractivity contribution < 1.29 is 9.00 Å². The van der Waals surface area contributed by atoms with Crippen LogP contribution in [0.25, 0.3) is 0 Å². The molecule has 0 aliphatic carbocycles. The molecule has 1 heterocycles. The fourth-order valence-electron chi connectivity index (χ4n) is 1.97. The summed E-state index contributed by atoms with van der Waals surface area (Å²) in [5.74, 6) is 4.18. The number of hydrogen-bond acceptors (Lipinski definition) is 2. The Hall–Kier alpha value is -0.810. The van der Waals surface area contributed by atoms with Crippen LogP contribution in [-0.4, -0.2) is 46.8 Å². The molecule has 0 saturated carbocycles. The monoisotopic (exact) mass is 272 g/mol. The molecule has 0 saturated heterocycles. The Morgan fingerprint density at radius 2 is 2.28 bits per heavy atom. The highest BCUT2D eigenvalue weighted by atomic mass is 32.2. The minimum atomic E-state index is -2.20. The molecule has 0 aromatic carbocycles. The zero-order valence-electron chi connectivity index (χ0n) is 11.6. The number of nitrogens with zero attached hydrogens (tertiary/aromatic N) is 1. The number of hydrogen-bond donors (Lipinski definition) is 1. The normalized spacial score (nSPS) is 19.6. The van der Waals surface area contributed by atoms with Crippen LogP contribution >= 0.6 is 0 Å². The molecule has 0 aromatic heterocycles. The molecule has 1 amide bonds. The first-order valence-electron chi connectivity index (χ1n) is 6.33. The first-order chi connectivity index (χ1) is 8.29. The SMILES string of the molecule is C=S(C)(=O)NCCC(=O)N1CC=C(C(C)C)CC1. The molecule has 0 bridgehead atoms. The van der Waals surface area contributed by atoms with Gasteiger partial charge in [0.25, 0.3) is 0 Å². The van der Waals surface area contributed by atoms with Crippen LogP contribution < -0.4 is 4.72 Å². The van der Waals surface area contributed by atoms with E-state index in [1.165, 1.54) is 11.8 Å². The van der Waals surface area contributed by atoms with Gasteiger partial charge >= 0.3 is 0 Å². The molecule has 4 nitrogen and oxygen atoms in total. The smallest absolute Gasteiger partial charge is 0.224 e. The molecule has 0 aromatic rings. The van der Waals surface area contributed by atoms with Crippen LogP contribution in [0.2, 0.25) is 0 Å². The van der Waals surface area contributed by atoms with Gasteiger partial charge in [-0.05, 0) is 18.2 Å². The second-order valence-electron chi connectivity index (χ2n) is 5.17. The Labute approximate surface area is 111 Å². The van der Waals surface area contributed by atoms with Crippen LogP contribution in [0.15, 0.2) is 11.6 Å². The van der Waals surface area contributed by atoms with E-state index in [9.17, 15) is 9.00 Å². The summed E-state index contributed by atoms with van der Waals surface area (Å²) in [5.41, 5.74) is 1.44. The van der Waals surface area contributed by atoms with Gasteiger partial charge in [0.1, 0.15) is 0 Å². The molecule has 0 radical (unpaired) electrons. The van der Waals surface area contributed by atoms with Crippen LogP contribution in [0, 0.1) is 5.92 Å². The maximum atomic E-state index is 11.9. The summed E-state index contributed by atoms with van der Waals surface area (Å²) in [6.07, 6.45) is 5.04. The molecule has 1 atom stereocenters. The highest BCUT2D eigenvalue weighted by molar-refractivity contribution is 7.97. The third-order valence-electron chi connectivity index (χ3n) is 3.08. The van der Waals surface area contributed by atoms with Crippen molar-refractivity contribution in [2.45, 2.75) is 26.7 Å². The third kappa shape index (κ3) is 5.23. The van der Waals surface area contributed by atoms with E-state index in [0.717, 1.165) is 13.0 Å². The summed E-state index contributed by atoms with van der Waals surface area (Å²) in [6.45, 7) is 6.29. The van der Waals surface area contributed by atoms with E-state index in [2.05, 4.69) is 30.5 Å². The summed E-state index contributed by atoms with van der Waals surface area (Å²) >= 11 is 0. The molecule has 1 unspecified atom stereocenters. The fraction of sp³-hybridized carbons (Fsp3) is 0.692. The van der Waals surface area contributed by atoms with Crippen molar-refractivity contribution in [3.63, 3.8) is 0 Å². The van der Waals surface area contributed by atoms with Crippen LogP contribution in [0.5, 0.6) is 0 Å². The average molecular weight is 272 g/mol. The quantitative estimate of drug-likeness (QED) is 0.600. The van der Waals surface area contributed by atoms with Crippen molar-refractivity contribution in [3.8, 4) is 0 Å². The van der Waals surface area contributed by atoms with E-state index in [0.29, 0.717) is 25.4 Å². The lowest BCUT2D eigenvalue weighted by Gasteiger charge is -2.28. The van der Waals surface area contributed by atoms with Gasteiger partial charge in [-0.2, -0.15) is 0 Å².